The van der Waals surface area contributed by atoms with E-state index >= 15 is 0 Å². The molecule has 0 bridgehead atoms. The van der Waals surface area contributed by atoms with Gasteiger partial charge in [-0.1, -0.05) is 0 Å². The number of ether oxygens (including phenoxy) is 2. The number of nitrogens with zero attached hydrogens (tertiary/aromatic N) is 1. The Morgan fingerprint density at radius 3 is 2.22 bits per heavy atom. The lowest BCUT2D eigenvalue weighted by atomic mass is 10.2. The van der Waals surface area contributed by atoms with Gasteiger partial charge >= 0.3 is 0 Å². The highest BCUT2D eigenvalue weighted by Gasteiger charge is 2.22. The van der Waals surface area contributed by atoms with E-state index in [-0.39, 0.29) is 22.8 Å². The predicted molar refractivity (Wildman–Crippen MR) is 64.5 cm³/mol. The SMILES string of the molecule is COc1ccc(OC)c(S(C)(=O)=O)c1CN=C=O. The zero-order chi connectivity index (χ0) is 13.8. The molecule has 0 saturated heterocycles. The van der Waals surface area contributed by atoms with Crippen LogP contribution in [0.2, 0.25) is 0 Å². The van der Waals surface area contributed by atoms with Crippen LogP contribution in [0.15, 0.2) is 22.0 Å². The van der Waals surface area contributed by atoms with Crippen molar-refractivity contribution in [1.82, 2.24) is 0 Å². The van der Waals surface area contributed by atoms with Gasteiger partial charge in [0.05, 0.1) is 20.8 Å². The second-order valence-corrected chi connectivity index (χ2v) is 5.41. The minimum Gasteiger partial charge on any atom is -0.496 e. The Labute approximate surface area is 105 Å². The van der Waals surface area contributed by atoms with Gasteiger partial charge in [-0.05, 0) is 12.1 Å². The Kier molecular flexibility index (Phi) is 4.47. The van der Waals surface area contributed by atoms with Crippen molar-refractivity contribution in [3.05, 3.63) is 17.7 Å². The van der Waals surface area contributed by atoms with E-state index in [9.17, 15) is 13.2 Å². The molecule has 0 aliphatic carbocycles. The summed E-state index contributed by atoms with van der Waals surface area (Å²) in [4.78, 5) is 13.6. The highest BCUT2D eigenvalue weighted by atomic mass is 32.2. The van der Waals surface area contributed by atoms with E-state index in [2.05, 4.69) is 4.99 Å². The summed E-state index contributed by atoms with van der Waals surface area (Å²) in [5.74, 6) is 0.518. The summed E-state index contributed by atoms with van der Waals surface area (Å²) in [7, 11) is -0.765. The van der Waals surface area contributed by atoms with Crippen LogP contribution >= 0.6 is 0 Å². The Bertz CT molecular complexity index is 588. The third-order valence-corrected chi connectivity index (χ3v) is 3.48. The molecule has 98 valence electrons. The fraction of sp³-hybridized carbons (Fsp3) is 0.364. The van der Waals surface area contributed by atoms with Gasteiger partial charge in [0.15, 0.2) is 9.84 Å². The Morgan fingerprint density at radius 1 is 1.22 bits per heavy atom. The summed E-state index contributed by atoms with van der Waals surface area (Å²) >= 11 is 0. The minimum absolute atomic E-state index is 0.0247. The van der Waals surface area contributed by atoms with Gasteiger partial charge in [-0.15, -0.1) is 0 Å². The average Bonchev–Trinajstić information content (AvgIpc) is 2.33. The van der Waals surface area contributed by atoms with Gasteiger partial charge in [0.25, 0.3) is 0 Å². The van der Waals surface area contributed by atoms with Crippen molar-refractivity contribution in [3.8, 4) is 11.5 Å². The molecule has 0 atom stereocenters. The molecule has 0 amide bonds. The Morgan fingerprint density at radius 2 is 1.78 bits per heavy atom. The first kappa shape index (κ1) is 14.2. The Hall–Kier alpha value is -1.85. The quantitative estimate of drug-likeness (QED) is 0.588. The van der Waals surface area contributed by atoms with Crippen LogP contribution in [-0.2, 0) is 21.2 Å². The van der Waals surface area contributed by atoms with Gasteiger partial charge in [0.2, 0.25) is 6.08 Å². The summed E-state index contributed by atoms with van der Waals surface area (Å²) < 4.78 is 33.7. The fourth-order valence-electron chi connectivity index (χ4n) is 1.61. The van der Waals surface area contributed by atoms with Crippen molar-refractivity contribution < 1.29 is 22.7 Å². The summed E-state index contributed by atoms with van der Waals surface area (Å²) in [6.45, 7) is -0.133. The molecule has 0 heterocycles. The van der Waals surface area contributed by atoms with Gasteiger partial charge in [0, 0.05) is 11.8 Å². The summed E-state index contributed by atoms with van der Waals surface area (Å²) in [6.07, 6.45) is 2.42. The largest absolute Gasteiger partial charge is 0.496 e. The monoisotopic (exact) mass is 271 g/mol. The van der Waals surface area contributed by atoms with Crippen molar-refractivity contribution in [2.75, 3.05) is 20.5 Å². The number of isocyanates is 1. The van der Waals surface area contributed by atoms with Crippen LogP contribution in [-0.4, -0.2) is 35.0 Å². The molecule has 0 aliphatic heterocycles. The van der Waals surface area contributed by atoms with Gasteiger partial charge in [-0.3, -0.25) is 0 Å². The molecule has 1 aromatic carbocycles. The van der Waals surface area contributed by atoms with Crippen LogP contribution in [0.4, 0.5) is 0 Å². The molecule has 7 heteroatoms. The molecular weight excluding hydrogens is 258 g/mol. The Balaban J connectivity index is 3.63. The van der Waals surface area contributed by atoms with Gasteiger partial charge in [-0.25, -0.2) is 18.2 Å². The number of rotatable bonds is 5. The number of aliphatic imine (C=N–C) groups is 1. The van der Waals surface area contributed by atoms with E-state index in [1.165, 1.54) is 26.4 Å². The van der Waals surface area contributed by atoms with Crippen LogP contribution in [0.25, 0.3) is 0 Å². The topological polar surface area (TPSA) is 82.0 Å². The van der Waals surface area contributed by atoms with Gasteiger partial charge in [-0.2, -0.15) is 0 Å². The standard InChI is InChI=1S/C11H13NO5S/c1-16-9-4-5-10(17-2)11(18(3,14)15)8(9)6-12-7-13/h4-5H,6H2,1-3H3. The molecule has 1 rings (SSSR count). The van der Waals surface area contributed by atoms with Crippen molar-refractivity contribution in [1.29, 1.82) is 0 Å². The van der Waals surface area contributed by atoms with Crippen molar-refractivity contribution in [3.63, 3.8) is 0 Å². The van der Waals surface area contributed by atoms with E-state index < -0.39 is 9.84 Å². The highest BCUT2D eigenvalue weighted by molar-refractivity contribution is 7.90. The number of hydrogen-bond donors (Lipinski definition) is 0. The molecule has 0 spiro atoms. The molecular formula is C11H13NO5S. The second kappa shape index (κ2) is 5.66. The van der Waals surface area contributed by atoms with E-state index in [1.54, 1.807) is 6.07 Å². The molecule has 18 heavy (non-hydrogen) atoms. The first-order valence-electron chi connectivity index (χ1n) is 4.93. The molecule has 0 fully saturated rings. The normalized spacial score (nSPS) is 10.6. The maximum Gasteiger partial charge on any atom is 0.235 e. The van der Waals surface area contributed by atoms with Crippen LogP contribution in [0.5, 0.6) is 11.5 Å². The van der Waals surface area contributed by atoms with Crippen LogP contribution in [0, 0.1) is 0 Å². The zero-order valence-electron chi connectivity index (χ0n) is 10.3. The highest BCUT2D eigenvalue weighted by Crippen LogP contribution is 2.34. The number of hydrogen-bond acceptors (Lipinski definition) is 6. The van der Waals surface area contributed by atoms with Crippen molar-refractivity contribution in [2.45, 2.75) is 11.4 Å². The van der Waals surface area contributed by atoms with Crippen LogP contribution in [0.1, 0.15) is 5.56 Å². The predicted octanol–water partition coefficient (Wildman–Crippen LogP) is 0.943. The lowest BCUT2D eigenvalue weighted by Gasteiger charge is -2.14. The third kappa shape index (κ3) is 2.88. The molecule has 0 radical (unpaired) electrons. The minimum atomic E-state index is -3.53. The second-order valence-electron chi connectivity index (χ2n) is 3.46. The van der Waals surface area contributed by atoms with Gasteiger partial charge in [0.1, 0.15) is 16.4 Å². The average molecular weight is 271 g/mol. The first-order chi connectivity index (χ1) is 8.45. The fourth-order valence-corrected chi connectivity index (χ4v) is 2.74. The van der Waals surface area contributed by atoms with E-state index in [4.69, 9.17) is 9.47 Å². The van der Waals surface area contributed by atoms with E-state index in [0.717, 1.165) is 6.26 Å². The molecule has 0 aromatic heterocycles. The van der Waals surface area contributed by atoms with Crippen molar-refractivity contribution >= 4 is 15.9 Å². The molecule has 0 N–H and O–H groups in total. The van der Waals surface area contributed by atoms with E-state index in [0.29, 0.717) is 5.75 Å². The van der Waals surface area contributed by atoms with Crippen LogP contribution in [0.3, 0.4) is 0 Å². The number of sulfone groups is 1. The number of benzene rings is 1. The lowest BCUT2D eigenvalue weighted by molar-refractivity contribution is 0.387. The first-order valence-corrected chi connectivity index (χ1v) is 6.82. The third-order valence-electron chi connectivity index (χ3n) is 2.29. The number of methoxy groups -OCH3 is 2. The zero-order valence-corrected chi connectivity index (χ0v) is 11.1. The molecule has 0 saturated carbocycles. The molecule has 6 nitrogen and oxygen atoms in total. The summed E-state index contributed by atoms with van der Waals surface area (Å²) in [6, 6.07) is 3.05. The maximum atomic E-state index is 11.8. The molecule has 1 aromatic rings. The smallest absolute Gasteiger partial charge is 0.235 e. The maximum absolute atomic E-state index is 11.8. The van der Waals surface area contributed by atoms with Gasteiger partial charge < -0.3 is 9.47 Å². The summed E-state index contributed by atoms with van der Waals surface area (Å²) in [5, 5.41) is 0. The summed E-state index contributed by atoms with van der Waals surface area (Å²) in [5.41, 5.74) is 0.280. The molecule has 0 aliphatic rings. The van der Waals surface area contributed by atoms with Crippen molar-refractivity contribution in [2.24, 2.45) is 4.99 Å². The lowest BCUT2D eigenvalue weighted by Crippen LogP contribution is -2.07. The molecule has 0 unspecified atom stereocenters. The van der Waals surface area contributed by atoms with E-state index in [1.807, 2.05) is 0 Å². The van der Waals surface area contributed by atoms with Crippen LogP contribution < -0.4 is 9.47 Å². The number of carbonyl (C=O) groups excluding carboxylic acids is 1.